The quantitative estimate of drug-likeness (QED) is 0.875. The lowest BCUT2D eigenvalue weighted by Crippen LogP contribution is -2.27. The number of anilines is 1. The van der Waals surface area contributed by atoms with Crippen molar-refractivity contribution in [1.29, 1.82) is 0 Å². The highest BCUT2D eigenvalue weighted by molar-refractivity contribution is 5.92. The molecule has 2 N–H and O–H groups in total. The van der Waals surface area contributed by atoms with Gasteiger partial charge in [0.05, 0.1) is 6.54 Å². The van der Waals surface area contributed by atoms with Crippen LogP contribution in [0.4, 0.5) is 5.69 Å². The van der Waals surface area contributed by atoms with Crippen molar-refractivity contribution in [2.45, 2.75) is 20.4 Å². The van der Waals surface area contributed by atoms with Gasteiger partial charge in [-0.05, 0) is 37.1 Å². The molecule has 0 saturated carbocycles. The molecule has 0 aromatic heterocycles. The highest BCUT2D eigenvalue weighted by atomic mass is 16.1. The van der Waals surface area contributed by atoms with Crippen LogP contribution < -0.4 is 10.6 Å². The van der Waals surface area contributed by atoms with Gasteiger partial charge in [0.15, 0.2) is 0 Å². The summed E-state index contributed by atoms with van der Waals surface area (Å²) in [5.74, 6) is -0.0248. The summed E-state index contributed by atoms with van der Waals surface area (Å²) in [7, 11) is 0. The Morgan fingerprint density at radius 2 is 1.70 bits per heavy atom. The second-order valence-electron chi connectivity index (χ2n) is 5.01. The number of carbonyl (C=O) groups excluding carboxylic acids is 1. The number of carbonyl (C=O) groups is 1. The summed E-state index contributed by atoms with van der Waals surface area (Å²) in [6.07, 6.45) is 0. The van der Waals surface area contributed by atoms with Crippen LogP contribution in [-0.4, -0.2) is 12.5 Å². The molecule has 0 aliphatic rings. The van der Waals surface area contributed by atoms with Crippen molar-refractivity contribution in [1.82, 2.24) is 5.32 Å². The first kappa shape index (κ1) is 14.3. The van der Waals surface area contributed by atoms with Crippen molar-refractivity contribution in [3.63, 3.8) is 0 Å². The summed E-state index contributed by atoms with van der Waals surface area (Å²) in [5.41, 5.74) is 4.39. The molecule has 0 aliphatic heterocycles. The van der Waals surface area contributed by atoms with Crippen LogP contribution in [0.5, 0.6) is 0 Å². The third-order valence-corrected chi connectivity index (χ3v) is 3.00. The standard InChI is InChI=1S/C17H20N2O/c1-13-5-3-7-15(9-13)11-18-12-17(20)19-16-8-4-6-14(2)10-16/h3-10,18H,11-12H2,1-2H3,(H,19,20). The van der Waals surface area contributed by atoms with E-state index in [-0.39, 0.29) is 5.91 Å². The van der Waals surface area contributed by atoms with Gasteiger partial charge in [0.25, 0.3) is 0 Å². The number of hydrogen-bond donors (Lipinski definition) is 2. The molecule has 0 unspecified atom stereocenters. The predicted octanol–water partition coefficient (Wildman–Crippen LogP) is 3.03. The minimum atomic E-state index is -0.0248. The Morgan fingerprint density at radius 3 is 2.40 bits per heavy atom. The van der Waals surface area contributed by atoms with Crippen LogP contribution >= 0.6 is 0 Å². The Bertz CT molecular complexity index is 593. The third-order valence-electron chi connectivity index (χ3n) is 3.00. The monoisotopic (exact) mass is 268 g/mol. The van der Waals surface area contributed by atoms with Crippen LogP contribution in [0.15, 0.2) is 48.5 Å². The number of aryl methyl sites for hydroxylation is 2. The van der Waals surface area contributed by atoms with E-state index in [9.17, 15) is 4.79 Å². The molecule has 2 aromatic rings. The van der Waals surface area contributed by atoms with Gasteiger partial charge < -0.3 is 10.6 Å². The fraction of sp³-hybridized carbons (Fsp3) is 0.235. The van der Waals surface area contributed by atoms with Crippen molar-refractivity contribution >= 4 is 11.6 Å². The summed E-state index contributed by atoms with van der Waals surface area (Å²) in [6, 6.07) is 16.1. The molecule has 0 atom stereocenters. The molecule has 104 valence electrons. The summed E-state index contributed by atoms with van der Waals surface area (Å²) in [6.45, 7) is 5.07. The molecule has 0 fully saturated rings. The van der Waals surface area contributed by atoms with Crippen molar-refractivity contribution < 1.29 is 4.79 Å². The molecule has 3 nitrogen and oxygen atoms in total. The Balaban J connectivity index is 1.78. The van der Waals surface area contributed by atoms with Crippen molar-refractivity contribution in [3.05, 3.63) is 65.2 Å². The first-order chi connectivity index (χ1) is 9.63. The molecule has 0 aliphatic carbocycles. The van der Waals surface area contributed by atoms with Gasteiger partial charge in [-0.25, -0.2) is 0 Å². The molecule has 2 rings (SSSR count). The number of rotatable bonds is 5. The first-order valence-corrected chi connectivity index (χ1v) is 6.76. The van der Waals surface area contributed by atoms with Gasteiger partial charge in [0.2, 0.25) is 5.91 Å². The van der Waals surface area contributed by atoms with Gasteiger partial charge in [-0.1, -0.05) is 42.0 Å². The van der Waals surface area contributed by atoms with Crippen LogP contribution in [0, 0.1) is 13.8 Å². The summed E-state index contributed by atoms with van der Waals surface area (Å²) in [5, 5.41) is 6.03. The molecule has 0 spiro atoms. The van der Waals surface area contributed by atoms with Crippen LogP contribution in [0.25, 0.3) is 0 Å². The van der Waals surface area contributed by atoms with Crippen LogP contribution in [0.3, 0.4) is 0 Å². The van der Waals surface area contributed by atoms with E-state index in [4.69, 9.17) is 0 Å². The van der Waals surface area contributed by atoms with E-state index in [1.807, 2.05) is 37.3 Å². The predicted molar refractivity (Wildman–Crippen MR) is 82.7 cm³/mol. The summed E-state index contributed by atoms with van der Waals surface area (Å²) >= 11 is 0. The molecular formula is C17H20N2O. The minimum Gasteiger partial charge on any atom is -0.325 e. The fourth-order valence-corrected chi connectivity index (χ4v) is 2.07. The first-order valence-electron chi connectivity index (χ1n) is 6.76. The smallest absolute Gasteiger partial charge is 0.238 e. The van der Waals surface area contributed by atoms with Crippen molar-refractivity contribution in [2.75, 3.05) is 11.9 Å². The Morgan fingerprint density at radius 1 is 1.00 bits per heavy atom. The number of nitrogens with one attached hydrogen (secondary N) is 2. The second kappa shape index (κ2) is 6.87. The van der Waals surface area contributed by atoms with Gasteiger partial charge in [0.1, 0.15) is 0 Å². The molecule has 20 heavy (non-hydrogen) atoms. The Kier molecular flexibility index (Phi) is 4.91. The van der Waals surface area contributed by atoms with Crippen LogP contribution in [0.2, 0.25) is 0 Å². The zero-order valence-corrected chi connectivity index (χ0v) is 11.9. The van der Waals surface area contributed by atoms with E-state index < -0.39 is 0 Å². The van der Waals surface area contributed by atoms with E-state index in [0.717, 1.165) is 11.3 Å². The molecular weight excluding hydrogens is 248 g/mol. The Labute approximate surface area is 120 Å². The maximum absolute atomic E-state index is 11.8. The van der Waals surface area contributed by atoms with Gasteiger partial charge in [-0.2, -0.15) is 0 Å². The van der Waals surface area contributed by atoms with E-state index in [1.165, 1.54) is 11.1 Å². The maximum Gasteiger partial charge on any atom is 0.238 e. The number of benzene rings is 2. The van der Waals surface area contributed by atoms with E-state index in [1.54, 1.807) is 0 Å². The zero-order chi connectivity index (χ0) is 14.4. The van der Waals surface area contributed by atoms with Gasteiger partial charge in [-0.15, -0.1) is 0 Å². The highest BCUT2D eigenvalue weighted by Crippen LogP contribution is 2.09. The van der Waals surface area contributed by atoms with E-state index in [2.05, 4.69) is 35.8 Å². The van der Waals surface area contributed by atoms with E-state index in [0.29, 0.717) is 13.1 Å². The second-order valence-corrected chi connectivity index (χ2v) is 5.01. The molecule has 2 aromatic carbocycles. The van der Waals surface area contributed by atoms with E-state index >= 15 is 0 Å². The topological polar surface area (TPSA) is 41.1 Å². The lowest BCUT2D eigenvalue weighted by molar-refractivity contribution is -0.115. The minimum absolute atomic E-state index is 0.0248. The highest BCUT2D eigenvalue weighted by Gasteiger charge is 2.02. The number of hydrogen-bond acceptors (Lipinski definition) is 2. The van der Waals surface area contributed by atoms with Crippen molar-refractivity contribution in [3.8, 4) is 0 Å². The average molecular weight is 268 g/mol. The maximum atomic E-state index is 11.8. The van der Waals surface area contributed by atoms with Crippen molar-refractivity contribution in [2.24, 2.45) is 0 Å². The van der Waals surface area contributed by atoms with Gasteiger partial charge in [0, 0.05) is 12.2 Å². The fourth-order valence-electron chi connectivity index (χ4n) is 2.07. The molecule has 3 heteroatoms. The Hall–Kier alpha value is -2.13. The molecule has 1 amide bonds. The van der Waals surface area contributed by atoms with Crippen LogP contribution in [-0.2, 0) is 11.3 Å². The van der Waals surface area contributed by atoms with Gasteiger partial charge >= 0.3 is 0 Å². The zero-order valence-electron chi connectivity index (χ0n) is 11.9. The average Bonchev–Trinajstić information content (AvgIpc) is 2.38. The molecule has 0 saturated heterocycles. The normalized spacial score (nSPS) is 10.3. The van der Waals surface area contributed by atoms with Crippen LogP contribution in [0.1, 0.15) is 16.7 Å². The molecule has 0 heterocycles. The lowest BCUT2D eigenvalue weighted by atomic mass is 10.1. The third kappa shape index (κ3) is 4.52. The summed E-state index contributed by atoms with van der Waals surface area (Å²) < 4.78 is 0. The largest absolute Gasteiger partial charge is 0.325 e. The SMILES string of the molecule is Cc1cccc(CNCC(=O)Nc2cccc(C)c2)c1. The number of amides is 1. The molecule has 0 bridgehead atoms. The summed E-state index contributed by atoms with van der Waals surface area (Å²) in [4.78, 5) is 11.8. The lowest BCUT2D eigenvalue weighted by Gasteiger charge is -2.08. The molecule has 0 radical (unpaired) electrons. The van der Waals surface area contributed by atoms with Gasteiger partial charge in [-0.3, -0.25) is 4.79 Å².